The molecule has 13 heteroatoms. The number of carbonyl (C=O) groups is 6. The molecule has 3 rings (SSSR count). The molecule has 0 bridgehead atoms. The Labute approximate surface area is 260 Å². The largest absolute Gasteiger partial charge is 0.363 e. The Morgan fingerprint density at radius 2 is 1.52 bits per heavy atom. The second-order valence-corrected chi connectivity index (χ2v) is 15.1. The molecule has 3 aliphatic rings. The van der Waals surface area contributed by atoms with Crippen molar-refractivity contribution in [2.45, 2.75) is 112 Å². The van der Waals surface area contributed by atoms with E-state index in [-0.39, 0.29) is 47.7 Å². The number of amides is 7. The van der Waals surface area contributed by atoms with Gasteiger partial charge in [0.05, 0.1) is 6.04 Å². The number of nitrogens with zero attached hydrogens (tertiary/aromatic N) is 1. The van der Waals surface area contributed by atoms with E-state index in [1.165, 1.54) is 4.90 Å². The number of fused-ring (bicyclic) bond motifs is 1. The van der Waals surface area contributed by atoms with Gasteiger partial charge in [0, 0.05) is 19.1 Å². The number of nitrogens with two attached hydrogens (primary N) is 1. The lowest BCUT2D eigenvalue weighted by atomic mass is 9.78. The standard InChI is InChI=1S/C31H53N7O6/c1-15(2)19(13-33-28(43)34-16(3)4)35-29(44)37-24(30(5,6)7)27(42)38-14-18-20(31(18,8)9)22(38)26(41)36-21(17-11-10-12-17)23(39)25(32)40/h15-22,24H,10-14H2,1-9H3,(H2,32,40)(H,36,41)(H2,33,34,43)(H2,35,37,44)/t18-,19+,20-,21?,22-,24+/m0/s1. The lowest BCUT2D eigenvalue weighted by Gasteiger charge is -2.39. The first-order chi connectivity index (χ1) is 20.3. The normalized spacial score (nSPS) is 24.3. The molecular weight excluding hydrogens is 566 g/mol. The van der Waals surface area contributed by atoms with E-state index in [1.807, 2.05) is 48.5 Å². The highest BCUT2D eigenvalue weighted by Gasteiger charge is 2.70. The number of primary amides is 1. The average Bonchev–Trinajstić information content (AvgIpc) is 3.19. The summed E-state index contributed by atoms with van der Waals surface area (Å²) in [5.74, 6) is -3.02. The van der Waals surface area contributed by atoms with E-state index < -0.39 is 59.1 Å². The van der Waals surface area contributed by atoms with Crippen LogP contribution in [0.4, 0.5) is 9.59 Å². The molecule has 1 heterocycles. The summed E-state index contributed by atoms with van der Waals surface area (Å²) in [6.45, 7) is 17.7. The predicted molar refractivity (Wildman–Crippen MR) is 165 cm³/mol. The topological polar surface area (TPSA) is 192 Å². The molecule has 248 valence electrons. The van der Waals surface area contributed by atoms with Gasteiger partial charge < -0.3 is 37.2 Å². The Hall–Kier alpha value is -3.38. The Bertz CT molecular complexity index is 1140. The van der Waals surface area contributed by atoms with E-state index in [0.29, 0.717) is 19.4 Å². The third-order valence-corrected chi connectivity index (χ3v) is 9.62. The Morgan fingerprint density at radius 3 is 2.00 bits per heavy atom. The molecule has 0 aromatic carbocycles. The fourth-order valence-electron chi connectivity index (χ4n) is 6.50. The minimum atomic E-state index is -1.09. The van der Waals surface area contributed by atoms with Crippen LogP contribution in [0.2, 0.25) is 0 Å². The number of piperidine rings is 1. The zero-order valence-electron chi connectivity index (χ0n) is 27.7. The average molecular weight is 620 g/mol. The quantitative estimate of drug-likeness (QED) is 0.178. The molecule has 1 saturated heterocycles. The van der Waals surface area contributed by atoms with Crippen LogP contribution in [0.3, 0.4) is 0 Å². The predicted octanol–water partition coefficient (Wildman–Crippen LogP) is 1.25. The van der Waals surface area contributed by atoms with Crippen LogP contribution in [0.5, 0.6) is 0 Å². The summed E-state index contributed by atoms with van der Waals surface area (Å²) >= 11 is 0. The van der Waals surface area contributed by atoms with Gasteiger partial charge in [0.2, 0.25) is 17.6 Å². The van der Waals surface area contributed by atoms with Crippen molar-refractivity contribution in [2.75, 3.05) is 13.1 Å². The molecule has 7 N–H and O–H groups in total. The van der Waals surface area contributed by atoms with Gasteiger partial charge in [0.25, 0.3) is 5.91 Å². The van der Waals surface area contributed by atoms with Gasteiger partial charge in [-0.2, -0.15) is 0 Å². The molecule has 0 radical (unpaired) electrons. The fraction of sp³-hybridized carbons (Fsp3) is 0.806. The highest BCUT2D eigenvalue weighted by atomic mass is 16.2. The van der Waals surface area contributed by atoms with E-state index in [0.717, 1.165) is 6.42 Å². The third kappa shape index (κ3) is 7.82. The first kappa shape index (κ1) is 35.1. The number of urea groups is 2. The van der Waals surface area contributed by atoms with Crippen LogP contribution in [0.15, 0.2) is 0 Å². The number of Topliss-reactive ketones (excluding diaryl/α,β-unsaturated/α-hetero) is 1. The Balaban J connectivity index is 1.77. The van der Waals surface area contributed by atoms with Crippen LogP contribution in [-0.2, 0) is 19.2 Å². The Morgan fingerprint density at radius 1 is 0.909 bits per heavy atom. The summed E-state index contributed by atoms with van der Waals surface area (Å²) < 4.78 is 0. The molecule has 3 fully saturated rings. The smallest absolute Gasteiger partial charge is 0.315 e. The van der Waals surface area contributed by atoms with Crippen molar-refractivity contribution in [1.82, 2.24) is 31.5 Å². The number of ketones is 1. The summed E-state index contributed by atoms with van der Waals surface area (Å²) in [6.07, 6.45) is 2.30. The third-order valence-electron chi connectivity index (χ3n) is 9.62. The molecule has 0 spiro atoms. The second-order valence-electron chi connectivity index (χ2n) is 15.1. The summed E-state index contributed by atoms with van der Waals surface area (Å²) in [7, 11) is 0. The molecule has 0 aromatic rings. The highest BCUT2D eigenvalue weighted by Crippen LogP contribution is 2.65. The first-order valence-corrected chi connectivity index (χ1v) is 15.8. The van der Waals surface area contributed by atoms with Crippen molar-refractivity contribution in [3.63, 3.8) is 0 Å². The van der Waals surface area contributed by atoms with E-state index in [4.69, 9.17) is 5.73 Å². The van der Waals surface area contributed by atoms with Gasteiger partial charge in [0.1, 0.15) is 18.1 Å². The molecule has 44 heavy (non-hydrogen) atoms. The van der Waals surface area contributed by atoms with E-state index in [1.54, 1.807) is 0 Å². The molecule has 0 aromatic heterocycles. The van der Waals surface area contributed by atoms with Crippen molar-refractivity contribution in [3.8, 4) is 0 Å². The molecule has 2 saturated carbocycles. The van der Waals surface area contributed by atoms with E-state index in [2.05, 4.69) is 40.4 Å². The van der Waals surface area contributed by atoms with Gasteiger partial charge in [-0.15, -0.1) is 0 Å². The molecule has 7 amide bonds. The number of rotatable bonds is 12. The SMILES string of the molecule is CC(C)NC(=O)NC[C@@H](NC(=O)N[C@H](C(=O)N1C[C@H]2[C@@H]([C@H]1C(=O)NC(C(=O)C(N)=O)C1CCC1)C2(C)C)C(C)(C)C)C(C)C. The molecule has 1 aliphatic heterocycles. The van der Waals surface area contributed by atoms with Crippen molar-refractivity contribution < 1.29 is 28.8 Å². The maximum atomic E-state index is 14.2. The van der Waals surface area contributed by atoms with Gasteiger partial charge >= 0.3 is 12.1 Å². The van der Waals surface area contributed by atoms with Crippen LogP contribution in [0, 0.1) is 34.5 Å². The summed E-state index contributed by atoms with van der Waals surface area (Å²) in [4.78, 5) is 79.3. The Kier molecular flexibility index (Phi) is 10.6. The minimum absolute atomic E-state index is 0.0170. The second kappa shape index (κ2) is 13.3. The highest BCUT2D eigenvalue weighted by molar-refractivity contribution is 6.38. The molecule has 1 unspecified atom stereocenters. The summed E-state index contributed by atoms with van der Waals surface area (Å²) in [5, 5.41) is 14.0. The lowest BCUT2D eigenvalue weighted by molar-refractivity contribution is -0.145. The number of likely N-dealkylation sites (tertiary alicyclic amines) is 1. The van der Waals surface area contributed by atoms with E-state index in [9.17, 15) is 28.8 Å². The number of carbonyl (C=O) groups excluding carboxylic acids is 6. The van der Waals surface area contributed by atoms with Gasteiger partial charge in [-0.05, 0) is 61.2 Å². The zero-order valence-corrected chi connectivity index (χ0v) is 27.7. The molecular formula is C31H53N7O6. The van der Waals surface area contributed by atoms with Crippen molar-refractivity contribution >= 4 is 35.6 Å². The van der Waals surface area contributed by atoms with Gasteiger partial charge in [-0.1, -0.05) is 54.9 Å². The zero-order chi connectivity index (χ0) is 33.3. The molecule has 6 atom stereocenters. The summed E-state index contributed by atoms with van der Waals surface area (Å²) in [5.41, 5.74) is 4.41. The maximum absolute atomic E-state index is 14.2. The van der Waals surface area contributed by atoms with Gasteiger partial charge in [-0.3, -0.25) is 19.2 Å². The van der Waals surface area contributed by atoms with Gasteiger partial charge in [0.15, 0.2) is 0 Å². The van der Waals surface area contributed by atoms with Crippen LogP contribution < -0.4 is 32.3 Å². The van der Waals surface area contributed by atoms with Crippen molar-refractivity contribution in [1.29, 1.82) is 0 Å². The minimum Gasteiger partial charge on any atom is -0.363 e. The van der Waals surface area contributed by atoms with Crippen LogP contribution in [-0.4, -0.2) is 83.8 Å². The monoisotopic (exact) mass is 619 g/mol. The first-order valence-electron chi connectivity index (χ1n) is 15.8. The van der Waals surface area contributed by atoms with Crippen LogP contribution >= 0.6 is 0 Å². The van der Waals surface area contributed by atoms with E-state index >= 15 is 0 Å². The lowest BCUT2D eigenvalue weighted by Crippen LogP contribution is -2.63. The fourth-order valence-corrected chi connectivity index (χ4v) is 6.50. The van der Waals surface area contributed by atoms with Crippen LogP contribution in [0.25, 0.3) is 0 Å². The number of nitrogens with one attached hydrogen (secondary N) is 5. The van der Waals surface area contributed by atoms with Crippen molar-refractivity contribution in [3.05, 3.63) is 0 Å². The number of hydrogen-bond acceptors (Lipinski definition) is 6. The van der Waals surface area contributed by atoms with Crippen LogP contribution in [0.1, 0.15) is 81.6 Å². The molecule has 2 aliphatic carbocycles. The maximum Gasteiger partial charge on any atom is 0.315 e. The molecule has 13 nitrogen and oxygen atoms in total. The van der Waals surface area contributed by atoms with Gasteiger partial charge in [-0.25, -0.2) is 9.59 Å². The van der Waals surface area contributed by atoms with Crippen molar-refractivity contribution in [2.24, 2.45) is 40.2 Å². The summed E-state index contributed by atoms with van der Waals surface area (Å²) in [6, 6.07) is -4.20. The number of hydrogen-bond donors (Lipinski definition) is 6.